The van der Waals surface area contributed by atoms with Crippen LogP contribution in [0.15, 0.2) is 109 Å². The number of allylic oxidation sites excluding steroid dienone is 18. The van der Waals surface area contributed by atoms with Gasteiger partial charge in [-0.1, -0.05) is 130 Å². The number of unbranched alkanes of at least 4 members (excludes halogenated alkanes) is 3. The maximum absolute atomic E-state index is 12.7. The Kier molecular flexibility index (Phi) is 35.2. The molecule has 0 aliphatic carbocycles. The maximum atomic E-state index is 12.7. The minimum Gasteiger partial charge on any atom is -0.544 e. The standard InChI is InChI=1S/C48H75NO7/c1-6-8-10-12-14-16-18-20-21-22-23-24-25-27-29-31-33-35-37-39-47(51)56-44(42-54-41-40-45(48(52)53)49(3,4)5)43-55-46(50)38-36-34-32-30-28-26-19-17-15-13-11-9-7-2/h8-11,14-17,20-21,23-24,26-29,33,35,44-45H,6-7,12-13,18-19,22,25,30-32,34,36-43H2,1-5H3/b10-8-,11-9-,16-14-,17-15-,21-20-,24-23-,28-26-,29-27-,35-33-. The molecule has 8 nitrogen and oxygen atoms in total. The van der Waals surface area contributed by atoms with Crippen LogP contribution in [0.5, 0.6) is 0 Å². The molecule has 56 heavy (non-hydrogen) atoms. The molecule has 0 fully saturated rings. The Hall–Kier alpha value is -4.01. The van der Waals surface area contributed by atoms with Gasteiger partial charge in [-0.25, -0.2) is 0 Å². The Morgan fingerprint density at radius 3 is 1.43 bits per heavy atom. The largest absolute Gasteiger partial charge is 0.544 e. The summed E-state index contributed by atoms with van der Waals surface area (Å²) in [5, 5.41) is 11.6. The second-order valence-electron chi connectivity index (χ2n) is 14.5. The van der Waals surface area contributed by atoms with E-state index in [9.17, 15) is 19.5 Å². The number of rotatable bonds is 35. The van der Waals surface area contributed by atoms with Gasteiger partial charge >= 0.3 is 11.9 Å². The molecule has 314 valence electrons. The summed E-state index contributed by atoms with van der Waals surface area (Å²) in [6.45, 7) is 4.28. The van der Waals surface area contributed by atoms with Crippen LogP contribution in [0.1, 0.15) is 123 Å². The van der Waals surface area contributed by atoms with Gasteiger partial charge < -0.3 is 28.6 Å². The zero-order valence-corrected chi connectivity index (χ0v) is 35.5. The Labute approximate surface area is 340 Å². The lowest BCUT2D eigenvalue weighted by molar-refractivity contribution is -0.889. The van der Waals surface area contributed by atoms with Crippen molar-refractivity contribution >= 4 is 17.9 Å². The third kappa shape index (κ3) is 35.7. The SMILES string of the molecule is CC/C=C\C/C=C\C/C=C\C/C=C\C/C=C\C/C=C\CCC(=O)OC(COCCC(C(=O)[O-])[N+](C)(C)C)COC(=O)CCCCC/C=C\C/C=C\C/C=C\CC. The molecule has 0 amide bonds. The molecule has 0 heterocycles. The molecule has 0 saturated carbocycles. The Balaban J connectivity index is 4.58. The van der Waals surface area contributed by atoms with Gasteiger partial charge in [-0.2, -0.15) is 0 Å². The fraction of sp³-hybridized carbons (Fsp3) is 0.562. The van der Waals surface area contributed by atoms with E-state index in [0.717, 1.165) is 83.5 Å². The summed E-state index contributed by atoms with van der Waals surface area (Å²) >= 11 is 0. The smallest absolute Gasteiger partial charge is 0.306 e. The molecule has 0 aromatic rings. The van der Waals surface area contributed by atoms with Crippen LogP contribution in [0.3, 0.4) is 0 Å². The van der Waals surface area contributed by atoms with Crippen molar-refractivity contribution in [3.63, 3.8) is 0 Å². The zero-order valence-electron chi connectivity index (χ0n) is 35.5. The van der Waals surface area contributed by atoms with Crippen molar-refractivity contribution in [3.8, 4) is 0 Å². The van der Waals surface area contributed by atoms with E-state index in [1.807, 2.05) is 12.2 Å². The van der Waals surface area contributed by atoms with Crippen LogP contribution in [0.2, 0.25) is 0 Å². The van der Waals surface area contributed by atoms with Gasteiger partial charge in [-0.05, 0) is 83.5 Å². The number of carbonyl (C=O) groups is 3. The highest BCUT2D eigenvalue weighted by Gasteiger charge is 2.25. The first-order chi connectivity index (χ1) is 27.1. The Morgan fingerprint density at radius 2 is 0.982 bits per heavy atom. The summed E-state index contributed by atoms with van der Waals surface area (Å²) in [6.07, 6.45) is 51.3. The van der Waals surface area contributed by atoms with E-state index >= 15 is 0 Å². The van der Waals surface area contributed by atoms with Gasteiger partial charge in [-0.3, -0.25) is 9.59 Å². The van der Waals surface area contributed by atoms with Gasteiger partial charge in [0.2, 0.25) is 0 Å². The molecule has 0 spiro atoms. The third-order valence-electron chi connectivity index (χ3n) is 8.42. The van der Waals surface area contributed by atoms with Crippen LogP contribution in [0, 0.1) is 0 Å². The lowest BCUT2D eigenvalue weighted by atomic mass is 10.1. The van der Waals surface area contributed by atoms with E-state index in [0.29, 0.717) is 12.8 Å². The number of carboxylic acid groups (broad SMARTS) is 1. The Bertz CT molecular complexity index is 1280. The molecule has 0 radical (unpaired) electrons. The number of hydrogen-bond acceptors (Lipinski definition) is 7. The second-order valence-corrected chi connectivity index (χ2v) is 14.5. The number of carboxylic acids is 1. The van der Waals surface area contributed by atoms with E-state index < -0.39 is 24.1 Å². The molecular formula is C48H75NO7. The molecule has 2 unspecified atom stereocenters. The first kappa shape index (κ1) is 52.0. The van der Waals surface area contributed by atoms with Crippen LogP contribution in [-0.2, 0) is 28.6 Å². The van der Waals surface area contributed by atoms with Gasteiger partial charge in [0.05, 0.1) is 40.3 Å². The van der Waals surface area contributed by atoms with Gasteiger partial charge in [0.25, 0.3) is 0 Å². The molecule has 0 aromatic heterocycles. The van der Waals surface area contributed by atoms with Gasteiger partial charge in [0.15, 0.2) is 6.10 Å². The van der Waals surface area contributed by atoms with Crippen molar-refractivity contribution in [3.05, 3.63) is 109 Å². The molecule has 0 bridgehead atoms. The van der Waals surface area contributed by atoms with Crippen molar-refractivity contribution in [2.24, 2.45) is 0 Å². The molecule has 0 N–H and O–H groups in total. The zero-order chi connectivity index (χ0) is 41.4. The number of esters is 2. The highest BCUT2D eigenvalue weighted by atomic mass is 16.6. The fourth-order valence-corrected chi connectivity index (χ4v) is 5.23. The number of nitrogens with zero attached hydrogens (tertiary/aromatic N) is 1. The number of likely N-dealkylation sites (N-methyl/N-ethyl adjacent to an activating group) is 1. The highest BCUT2D eigenvalue weighted by molar-refractivity contribution is 5.70. The molecule has 0 aliphatic heterocycles. The van der Waals surface area contributed by atoms with Gasteiger partial charge in [0, 0.05) is 19.3 Å². The predicted octanol–water partition coefficient (Wildman–Crippen LogP) is 9.96. The van der Waals surface area contributed by atoms with E-state index in [2.05, 4.69) is 111 Å². The lowest BCUT2D eigenvalue weighted by Gasteiger charge is -2.34. The number of quaternary nitrogens is 1. The molecule has 8 heteroatoms. The average Bonchev–Trinajstić information content (AvgIpc) is 3.15. The van der Waals surface area contributed by atoms with Crippen molar-refractivity contribution in [2.45, 2.75) is 135 Å². The van der Waals surface area contributed by atoms with Gasteiger partial charge in [-0.15, -0.1) is 0 Å². The topological polar surface area (TPSA) is 102 Å². The van der Waals surface area contributed by atoms with Crippen molar-refractivity contribution < 1.29 is 38.2 Å². The van der Waals surface area contributed by atoms with Crippen LogP contribution < -0.4 is 5.11 Å². The van der Waals surface area contributed by atoms with E-state index in [4.69, 9.17) is 14.2 Å². The second kappa shape index (κ2) is 37.9. The van der Waals surface area contributed by atoms with E-state index in [1.165, 1.54) is 0 Å². The summed E-state index contributed by atoms with van der Waals surface area (Å²) in [5.41, 5.74) is 0. The summed E-state index contributed by atoms with van der Waals surface area (Å²) in [7, 11) is 5.35. The van der Waals surface area contributed by atoms with E-state index in [-0.39, 0.29) is 43.1 Å². The first-order valence-electron chi connectivity index (χ1n) is 20.9. The Morgan fingerprint density at radius 1 is 0.536 bits per heavy atom. The summed E-state index contributed by atoms with van der Waals surface area (Å²) < 4.78 is 17.0. The molecular weight excluding hydrogens is 703 g/mol. The number of hydrogen-bond donors (Lipinski definition) is 0. The van der Waals surface area contributed by atoms with Crippen molar-refractivity contribution in [1.29, 1.82) is 0 Å². The molecule has 0 saturated heterocycles. The summed E-state index contributed by atoms with van der Waals surface area (Å²) in [5.74, 6) is -1.90. The molecule has 0 rings (SSSR count). The van der Waals surface area contributed by atoms with Crippen LogP contribution in [0.25, 0.3) is 0 Å². The average molecular weight is 778 g/mol. The minimum atomic E-state index is -1.15. The van der Waals surface area contributed by atoms with Crippen LogP contribution in [-0.4, -0.2) is 75.5 Å². The van der Waals surface area contributed by atoms with E-state index in [1.54, 1.807) is 21.1 Å². The van der Waals surface area contributed by atoms with Crippen molar-refractivity contribution in [2.75, 3.05) is 41.0 Å². The van der Waals surface area contributed by atoms with Crippen molar-refractivity contribution in [1.82, 2.24) is 0 Å². The predicted molar refractivity (Wildman–Crippen MR) is 231 cm³/mol. The van der Waals surface area contributed by atoms with Crippen LogP contribution >= 0.6 is 0 Å². The van der Waals surface area contributed by atoms with Gasteiger partial charge in [0.1, 0.15) is 12.6 Å². The normalized spacial score (nSPS) is 14.1. The third-order valence-corrected chi connectivity index (χ3v) is 8.42. The maximum Gasteiger partial charge on any atom is 0.306 e. The molecule has 0 aliphatic rings. The highest BCUT2D eigenvalue weighted by Crippen LogP contribution is 2.10. The quantitative estimate of drug-likeness (QED) is 0.0273. The molecule has 2 atom stereocenters. The summed E-state index contributed by atoms with van der Waals surface area (Å²) in [6, 6.07) is -0.750. The summed E-state index contributed by atoms with van der Waals surface area (Å²) in [4.78, 5) is 36.7. The first-order valence-corrected chi connectivity index (χ1v) is 20.9. The minimum absolute atomic E-state index is 0.00714. The molecule has 0 aromatic carbocycles. The fourth-order valence-electron chi connectivity index (χ4n) is 5.23. The monoisotopic (exact) mass is 778 g/mol. The van der Waals surface area contributed by atoms with Crippen LogP contribution in [0.4, 0.5) is 0 Å². The number of carbonyl (C=O) groups excluding carboxylic acids is 3. The number of aliphatic carboxylic acids is 1. The lowest BCUT2D eigenvalue weighted by Crippen LogP contribution is -2.55. The number of ether oxygens (including phenoxy) is 3.